The number of halogens is 3. The second-order valence-electron chi connectivity index (χ2n) is 4.36. The molecule has 94 valence electrons. The Morgan fingerprint density at radius 2 is 2.00 bits per heavy atom. The molecule has 0 aromatic heterocycles. The van der Waals surface area contributed by atoms with Crippen LogP contribution in [-0.4, -0.2) is 0 Å². The van der Waals surface area contributed by atoms with Crippen molar-refractivity contribution in [1.82, 2.24) is 0 Å². The Morgan fingerprint density at radius 1 is 1.22 bits per heavy atom. The Morgan fingerprint density at radius 3 is 2.67 bits per heavy atom. The van der Waals surface area contributed by atoms with Gasteiger partial charge < -0.3 is 0 Å². The third-order valence-electron chi connectivity index (χ3n) is 2.73. The lowest BCUT2D eigenvalue weighted by atomic mass is 10.0. The van der Waals surface area contributed by atoms with Gasteiger partial charge in [-0.1, -0.05) is 45.7 Å². The molecule has 0 saturated heterocycles. The lowest BCUT2D eigenvalue weighted by molar-refractivity contribution is 0.623. The van der Waals surface area contributed by atoms with Gasteiger partial charge in [-0.25, -0.2) is 4.39 Å². The second-order valence-corrected chi connectivity index (χ2v) is 5.91. The molecular formula is C15H13BrClF. The lowest BCUT2D eigenvalue weighted by Crippen LogP contribution is -1.97. The highest BCUT2D eigenvalue weighted by Gasteiger charge is 2.10. The summed E-state index contributed by atoms with van der Waals surface area (Å²) in [5, 5.41) is 0.725. The molecule has 2 rings (SSSR count). The molecule has 0 amide bonds. The minimum atomic E-state index is -0.194. The van der Waals surface area contributed by atoms with E-state index in [9.17, 15) is 4.39 Å². The van der Waals surface area contributed by atoms with Gasteiger partial charge in [0.2, 0.25) is 0 Å². The summed E-state index contributed by atoms with van der Waals surface area (Å²) in [6.45, 7) is 1.89. The van der Waals surface area contributed by atoms with Crippen molar-refractivity contribution in [2.45, 2.75) is 18.2 Å². The number of hydrogen-bond acceptors (Lipinski definition) is 0. The average molecular weight is 328 g/mol. The Balaban J connectivity index is 2.19. The molecule has 0 bridgehead atoms. The topological polar surface area (TPSA) is 0 Å². The van der Waals surface area contributed by atoms with E-state index in [1.165, 1.54) is 6.07 Å². The first-order valence-electron chi connectivity index (χ1n) is 5.70. The number of benzene rings is 2. The largest absolute Gasteiger partial charge is 0.207 e. The third-order valence-corrected chi connectivity index (χ3v) is 3.82. The van der Waals surface area contributed by atoms with Gasteiger partial charge in [0.1, 0.15) is 5.82 Å². The molecule has 0 heterocycles. The van der Waals surface area contributed by atoms with Crippen molar-refractivity contribution in [1.29, 1.82) is 0 Å². The summed E-state index contributed by atoms with van der Waals surface area (Å²) in [5.41, 5.74) is 3.01. The van der Waals surface area contributed by atoms with Crippen LogP contribution in [0.5, 0.6) is 0 Å². The van der Waals surface area contributed by atoms with Crippen LogP contribution in [0.2, 0.25) is 5.02 Å². The minimum absolute atomic E-state index is 0.0883. The van der Waals surface area contributed by atoms with Crippen LogP contribution in [-0.2, 0) is 6.42 Å². The van der Waals surface area contributed by atoms with Crippen LogP contribution in [0.25, 0.3) is 0 Å². The van der Waals surface area contributed by atoms with Crippen LogP contribution < -0.4 is 0 Å². The molecule has 2 aromatic rings. The SMILES string of the molecule is Cc1cc(F)cc(C(Br)Cc2cccc(Cl)c2)c1. The fourth-order valence-corrected chi connectivity index (χ4v) is 2.79. The molecule has 0 aliphatic carbocycles. The number of rotatable bonds is 3. The van der Waals surface area contributed by atoms with E-state index in [4.69, 9.17) is 11.6 Å². The average Bonchev–Trinajstić information content (AvgIpc) is 2.27. The van der Waals surface area contributed by atoms with Gasteiger partial charge in [0.15, 0.2) is 0 Å². The zero-order valence-electron chi connectivity index (χ0n) is 9.96. The zero-order chi connectivity index (χ0) is 13.1. The lowest BCUT2D eigenvalue weighted by Gasteiger charge is -2.11. The first-order valence-corrected chi connectivity index (χ1v) is 6.99. The van der Waals surface area contributed by atoms with E-state index >= 15 is 0 Å². The van der Waals surface area contributed by atoms with Crippen LogP contribution in [0.4, 0.5) is 4.39 Å². The van der Waals surface area contributed by atoms with Crippen LogP contribution in [0.1, 0.15) is 21.5 Å². The number of aryl methyl sites for hydroxylation is 1. The van der Waals surface area contributed by atoms with E-state index < -0.39 is 0 Å². The highest BCUT2D eigenvalue weighted by molar-refractivity contribution is 9.09. The predicted octanol–water partition coefficient (Wildman–Crippen LogP) is 5.47. The van der Waals surface area contributed by atoms with Crippen molar-refractivity contribution in [2.24, 2.45) is 0 Å². The molecule has 0 saturated carbocycles. The van der Waals surface area contributed by atoms with Crippen molar-refractivity contribution in [3.05, 3.63) is 70.0 Å². The summed E-state index contributed by atoms with van der Waals surface area (Å²) < 4.78 is 13.3. The zero-order valence-corrected chi connectivity index (χ0v) is 12.3. The van der Waals surface area contributed by atoms with Crippen molar-refractivity contribution in [3.8, 4) is 0 Å². The highest BCUT2D eigenvalue weighted by Crippen LogP contribution is 2.29. The van der Waals surface area contributed by atoms with Gasteiger partial charge in [-0.05, 0) is 54.3 Å². The molecule has 0 N–H and O–H groups in total. The van der Waals surface area contributed by atoms with Crippen molar-refractivity contribution >= 4 is 27.5 Å². The van der Waals surface area contributed by atoms with E-state index in [0.29, 0.717) is 0 Å². The summed E-state index contributed by atoms with van der Waals surface area (Å²) in [5.74, 6) is -0.194. The molecule has 1 unspecified atom stereocenters. The molecule has 3 heteroatoms. The first kappa shape index (κ1) is 13.6. The van der Waals surface area contributed by atoms with Crippen molar-refractivity contribution < 1.29 is 4.39 Å². The molecule has 1 atom stereocenters. The monoisotopic (exact) mass is 326 g/mol. The summed E-state index contributed by atoms with van der Waals surface area (Å²) in [6.07, 6.45) is 0.781. The summed E-state index contributed by atoms with van der Waals surface area (Å²) in [4.78, 5) is 0.0883. The second kappa shape index (κ2) is 5.85. The Hall–Kier alpha value is -0.860. The van der Waals surface area contributed by atoms with Crippen molar-refractivity contribution in [2.75, 3.05) is 0 Å². The molecular weight excluding hydrogens is 315 g/mol. The molecule has 0 aliphatic rings. The van der Waals surface area contributed by atoms with Gasteiger partial charge in [-0.2, -0.15) is 0 Å². The summed E-state index contributed by atoms with van der Waals surface area (Å²) >= 11 is 9.56. The van der Waals surface area contributed by atoms with E-state index in [0.717, 1.165) is 28.1 Å². The summed E-state index contributed by atoms with van der Waals surface area (Å²) in [6, 6.07) is 12.8. The normalized spacial score (nSPS) is 12.4. The quantitative estimate of drug-likeness (QED) is 0.656. The minimum Gasteiger partial charge on any atom is -0.207 e. The molecule has 2 aromatic carbocycles. The number of hydrogen-bond donors (Lipinski definition) is 0. The first-order chi connectivity index (χ1) is 8.54. The van der Waals surface area contributed by atoms with E-state index in [1.54, 1.807) is 6.07 Å². The van der Waals surface area contributed by atoms with Gasteiger partial charge in [0, 0.05) is 9.85 Å². The smallest absolute Gasteiger partial charge is 0.123 e. The van der Waals surface area contributed by atoms with E-state index in [1.807, 2.05) is 37.3 Å². The Kier molecular flexibility index (Phi) is 4.41. The molecule has 0 aliphatic heterocycles. The van der Waals surface area contributed by atoms with Gasteiger partial charge in [0.25, 0.3) is 0 Å². The Labute approximate surface area is 120 Å². The van der Waals surface area contributed by atoms with Gasteiger partial charge in [0.05, 0.1) is 0 Å². The van der Waals surface area contributed by atoms with Gasteiger partial charge >= 0.3 is 0 Å². The Bertz CT molecular complexity index is 534. The van der Waals surface area contributed by atoms with Crippen LogP contribution in [0.15, 0.2) is 42.5 Å². The molecule has 0 fully saturated rings. The van der Waals surface area contributed by atoms with Crippen molar-refractivity contribution in [3.63, 3.8) is 0 Å². The fourth-order valence-electron chi connectivity index (χ4n) is 1.93. The maximum atomic E-state index is 13.3. The molecule has 0 spiro atoms. The van der Waals surface area contributed by atoms with Crippen LogP contribution in [0.3, 0.4) is 0 Å². The molecule has 0 nitrogen and oxygen atoms in total. The van der Waals surface area contributed by atoms with E-state index in [2.05, 4.69) is 15.9 Å². The van der Waals surface area contributed by atoms with Crippen LogP contribution in [0, 0.1) is 12.7 Å². The third kappa shape index (κ3) is 3.56. The highest BCUT2D eigenvalue weighted by atomic mass is 79.9. The summed E-state index contributed by atoms with van der Waals surface area (Å²) in [7, 11) is 0. The maximum Gasteiger partial charge on any atom is 0.123 e. The molecule has 0 radical (unpaired) electrons. The van der Waals surface area contributed by atoms with Crippen LogP contribution >= 0.6 is 27.5 Å². The maximum absolute atomic E-state index is 13.3. The fraction of sp³-hybridized carbons (Fsp3) is 0.200. The van der Waals surface area contributed by atoms with E-state index in [-0.39, 0.29) is 10.6 Å². The number of alkyl halides is 1. The van der Waals surface area contributed by atoms with Gasteiger partial charge in [-0.3, -0.25) is 0 Å². The van der Waals surface area contributed by atoms with Gasteiger partial charge in [-0.15, -0.1) is 0 Å². The standard InChI is InChI=1S/C15H13BrClF/c1-10-5-12(9-14(18)6-10)15(16)8-11-3-2-4-13(17)7-11/h2-7,9,15H,8H2,1H3. The predicted molar refractivity (Wildman–Crippen MR) is 78.0 cm³/mol. The molecule has 18 heavy (non-hydrogen) atoms.